The maximum absolute atomic E-state index is 14.5. The summed E-state index contributed by atoms with van der Waals surface area (Å²) in [4.78, 5) is 19.3. The highest BCUT2D eigenvalue weighted by atomic mass is 32.2. The Morgan fingerprint density at radius 2 is 2.07 bits per heavy atom. The van der Waals surface area contributed by atoms with E-state index in [-0.39, 0.29) is 23.0 Å². The second-order valence-corrected chi connectivity index (χ2v) is 8.63. The van der Waals surface area contributed by atoms with Crippen molar-refractivity contribution < 1.29 is 17.9 Å². The highest BCUT2D eigenvalue weighted by Gasteiger charge is 2.43. The van der Waals surface area contributed by atoms with Crippen molar-refractivity contribution in [3.05, 3.63) is 34.1 Å². The van der Waals surface area contributed by atoms with Crippen LogP contribution in [0.1, 0.15) is 37.9 Å². The maximum Gasteiger partial charge on any atom is 0.267 e. The van der Waals surface area contributed by atoms with Crippen molar-refractivity contribution in [2.24, 2.45) is 0 Å². The lowest BCUT2D eigenvalue weighted by Gasteiger charge is -2.22. The summed E-state index contributed by atoms with van der Waals surface area (Å²) in [6.45, 7) is 1.46. The SMILES string of the molecule is O=c1[nH]c(CSC2CCOCC2)nc2cc(NC3CCCC3(F)F)cc(F)c12. The van der Waals surface area contributed by atoms with Gasteiger partial charge in [-0.2, -0.15) is 11.8 Å². The van der Waals surface area contributed by atoms with Gasteiger partial charge in [0.15, 0.2) is 0 Å². The number of hydrogen-bond acceptors (Lipinski definition) is 5. The molecule has 2 fully saturated rings. The second-order valence-electron chi connectivity index (χ2n) is 7.34. The fraction of sp³-hybridized carbons (Fsp3) is 0.579. The predicted molar refractivity (Wildman–Crippen MR) is 104 cm³/mol. The molecule has 1 aliphatic heterocycles. The Labute approximate surface area is 164 Å². The van der Waals surface area contributed by atoms with Crippen molar-refractivity contribution >= 4 is 28.4 Å². The van der Waals surface area contributed by atoms with Crippen LogP contribution >= 0.6 is 11.8 Å². The number of thioether (sulfide) groups is 1. The van der Waals surface area contributed by atoms with Gasteiger partial charge in [0.25, 0.3) is 11.5 Å². The largest absolute Gasteiger partial charge is 0.381 e. The average molecular weight is 413 g/mol. The topological polar surface area (TPSA) is 67.0 Å². The summed E-state index contributed by atoms with van der Waals surface area (Å²) in [5, 5.41) is 3.01. The number of nitrogens with one attached hydrogen (secondary N) is 2. The number of rotatable bonds is 5. The zero-order valence-electron chi connectivity index (χ0n) is 15.3. The highest BCUT2D eigenvalue weighted by Crippen LogP contribution is 2.37. The Bertz CT molecular complexity index is 915. The number of benzene rings is 1. The van der Waals surface area contributed by atoms with Gasteiger partial charge in [-0.1, -0.05) is 0 Å². The van der Waals surface area contributed by atoms with Crippen LogP contribution in [0.4, 0.5) is 18.9 Å². The summed E-state index contributed by atoms with van der Waals surface area (Å²) in [6.07, 6.45) is 2.46. The normalized spacial score (nSPS) is 22.6. The van der Waals surface area contributed by atoms with Gasteiger partial charge in [0.2, 0.25) is 0 Å². The summed E-state index contributed by atoms with van der Waals surface area (Å²) >= 11 is 1.68. The third-order valence-corrected chi connectivity index (χ3v) is 6.67. The fourth-order valence-electron chi connectivity index (χ4n) is 3.77. The molecule has 1 atom stereocenters. The molecule has 152 valence electrons. The van der Waals surface area contributed by atoms with E-state index in [1.165, 1.54) is 6.07 Å². The molecule has 28 heavy (non-hydrogen) atoms. The minimum Gasteiger partial charge on any atom is -0.381 e. The van der Waals surface area contributed by atoms with Crippen LogP contribution in [0.5, 0.6) is 0 Å². The van der Waals surface area contributed by atoms with Crippen LogP contribution in [0, 0.1) is 5.82 Å². The first-order chi connectivity index (χ1) is 13.4. The summed E-state index contributed by atoms with van der Waals surface area (Å²) < 4.78 is 47.6. The van der Waals surface area contributed by atoms with Crippen LogP contribution in [0.25, 0.3) is 10.9 Å². The number of aromatic amines is 1. The monoisotopic (exact) mass is 413 g/mol. The average Bonchev–Trinajstić information content (AvgIpc) is 2.98. The van der Waals surface area contributed by atoms with E-state index >= 15 is 0 Å². The first-order valence-electron chi connectivity index (χ1n) is 9.48. The molecule has 1 aromatic heterocycles. The van der Waals surface area contributed by atoms with Crippen LogP contribution in [0.2, 0.25) is 0 Å². The number of aromatic nitrogens is 2. The molecule has 0 spiro atoms. The molecular formula is C19H22F3N3O2S. The van der Waals surface area contributed by atoms with E-state index in [4.69, 9.17) is 4.74 Å². The maximum atomic E-state index is 14.5. The van der Waals surface area contributed by atoms with Gasteiger partial charge < -0.3 is 15.0 Å². The first kappa shape index (κ1) is 19.6. The molecule has 4 rings (SSSR count). The molecule has 1 unspecified atom stereocenters. The van der Waals surface area contributed by atoms with Crippen molar-refractivity contribution in [3.8, 4) is 0 Å². The molecule has 0 radical (unpaired) electrons. The summed E-state index contributed by atoms with van der Waals surface area (Å²) in [5.74, 6) is -2.63. The first-order valence-corrected chi connectivity index (χ1v) is 10.5. The molecule has 2 heterocycles. The number of anilines is 1. The second kappa shape index (κ2) is 7.94. The van der Waals surface area contributed by atoms with Crippen LogP contribution in [0.3, 0.4) is 0 Å². The van der Waals surface area contributed by atoms with Crippen molar-refractivity contribution in [3.63, 3.8) is 0 Å². The van der Waals surface area contributed by atoms with E-state index in [1.807, 2.05) is 0 Å². The van der Waals surface area contributed by atoms with Crippen molar-refractivity contribution in [1.29, 1.82) is 0 Å². The Morgan fingerprint density at radius 1 is 1.29 bits per heavy atom. The Kier molecular flexibility index (Phi) is 5.55. The molecule has 2 aromatic rings. The van der Waals surface area contributed by atoms with Gasteiger partial charge in [0, 0.05) is 30.6 Å². The third kappa shape index (κ3) is 4.15. The van der Waals surface area contributed by atoms with E-state index in [9.17, 15) is 18.0 Å². The van der Waals surface area contributed by atoms with Crippen LogP contribution in [0.15, 0.2) is 16.9 Å². The Hall–Kier alpha value is -1.74. The van der Waals surface area contributed by atoms with Crippen molar-refractivity contribution in [1.82, 2.24) is 9.97 Å². The van der Waals surface area contributed by atoms with Gasteiger partial charge in [-0.3, -0.25) is 4.79 Å². The number of ether oxygens (including phenoxy) is 1. The molecule has 1 saturated carbocycles. The number of nitrogens with zero attached hydrogens (tertiary/aromatic N) is 1. The van der Waals surface area contributed by atoms with Gasteiger partial charge in [0.05, 0.1) is 17.3 Å². The number of hydrogen-bond donors (Lipinski definition) is 2. The lowest BCUT2D eigenvalue weighted by atomic mass is 10.1. The van der Waals surface area contributed by atoms with Crippen LogP contribution < -0.4 is 10.9 Å². The lowest BCUT2D eigenvalue weighted by Crippen LogP contribution is -2.34. The van der Waals surface area contributed by atoms with E-state index in [0.717, 1.165) is 32.1 Å². The van der Waals surface area contributed by atoms with E-state index in [1.54, 1.807) is 11.8 Å². The zero-order valence-corrected chi connectivity index (χ0v) is 16.1. The number of alkyl halides is 2. The van der Waals surface area contributed by atoms with E-state index in [2.05, 4.69) is 15.3 Å². The number of fused-ring (bicyclic) bond motifs is 1. The summed E-state index contributed by atoms with van der Waals surface area (Å²) in [5.41, 5.74) is -0.157. The molecule has 9 heteroatoms. The van der Waals surface area contributed by atoms with Gasteiger partial charge in [0.1, 0.15) is 17.0 Å². The van der Waals surface area contributed by atoms with Gasteiger partial charge in [-0.25, -0.2) is 18.2 Å². The van der Waals surface area contributed by atoms with E-state index in [0.29, 0.717) is 29.7 Å². The number of H-pyrrole nitrogens is 1. The van der Waals surface area contributed by atoms with Crippen molar-refractivity contribution in [2.45, 2.75) is 55.1 Å². The van der Waals surface area contributed by atoms with Crippen molar-refractivity contribution in [2.75, 3.05) is 18.5 Å². The molecule has 1 aromatic carbocycles. The third-order valence-electron chi connectivity index (χ3n) is 5.29. The molecule has 2 aliphatic rings. The quantitative estimate of drug-likeness (QED) is 0.773. The van der Waals surface area contributed by atoms with Crippen LogP contribution in [-0.2, 0) is 10.5 Å². The molecule has 1 aliphatic carbocycles. The Morgan fingerprint density at radius 3 is 2.79 bits per heavy atom. The fourth-order valence-corrected chi connectivity index (χ4v) is 4.83. The molecular weight excluding hydrogens is 391 g/mol. The number of halogens is 3. The predicted octanol–water partition coefficient (Wildman–Crippen LogP) is 4.07. The minimum absolute atomic E-state index is 0.149. The highest BCUT2D eigenvalue weighted by molar-refractivity contribution is 7.99. The smallest absolute Gasteiger partial charge is 0.267 e. The summed E-state index contributed by atoms with van der Waals surface area (Å²) in [7, 11) is 0. The minimum atomic E-state index is -2.82. The molecule has 0 bridgehead atoms. The molecule has 5 nitrogen and oxygen atoms in total. The molecule has 2 N–H and O–H groups in total. The Balaban J connectivity index is 1.57. The zero-order chi connectivity index (χ0) is 19.7. The van der Waals surface area contributed by atoms with E-state index < -0.39 is 23.3 Å². The van der Waals surface area contributed by atoms with Crippen LogP contribution in [-0.4, -0.2) is 40.4 Å². The van der Waals surface area contributed by atoms with Gasteiger partial charge in [-0.15, -0.1) is 0 Å². The summed E-state index contributed by atoms with van der Waals surface area (Å²) in [6, 6.07) is 1.53. The lowest BCUT2D eigenvalue weighted by molar-refractivity contribution is -0.000593. The molecule has 1 saturated heterocycles. The van der Waals surface area contributed by atoms with Gasteiger partial charge >= 0.3 is 0 Å². The molecule has 0 amide bonds. The standard InChI is InChI=1S/C19H22F3N3O2S/c20-13-8-11(23-15-2-1-5-19(15,21)22)9-14-17(13)18(26)25-16(24-14)10-28-12-3-6-27-7-4-12/h8-9,12,15,23H,1-7,10H2,(H,24,25,26). The van der Waals surface area contributed by atoms with Gasteiger partial charge in [-0.05, 0) is 37.8 Å².